The molecule has 24 heavy (non-hydrogen) atoms. The van der Waals surface area contributed by atoms with Crippen LogP contribution in [0.4, 0.5) is 0 Å². The van der Waals surface area contributed by atoms with E-state index < -0.39 is 0 Å². The predicted octanol–water partition coefficient (Wildman–Crippen LogP) is 3.08. The van der Waals surface area contributed by atoms with Gasteiger partial charge in [0, 0.05) is 6.42 Å². The molecule has 2 aromatic rings. The average molecular weight is 337 g/mol. The van der Waals surface area contributed by atoms with E-state index in [9.17, 15) is 0 Å². The molecule has 0 aromatic heterocycles. The third-order valence-electron chi connectivity index (χ3n) is 5.10. The number of rotatable bonds is 3. The molecule has 1 atom stereocenters. The zero-order chi connectivity index (χ0) is 16.2. The van der Waals surface area contributed by atoms with Crippen molar-refractivity contribution in [2.75, 3.05) is 19.6 Å². The summed E-state index contributed by atoms with van der Waals surface area (Å²) in [6.45, 7) is 3.59. The van der Waals surface area contributed by atoms with E-state index in [1.54, 1.807) is 0 Å². The molecular weight excluding hydrogens is 311 g/mol. The van der Waals surface area contributed by atoms with Gasteiger partial charge in [0.15, 0.2) is 0 Å². The van der Waals surface area contributed by atoms with Crippen molar-refractivity contribution in [1.82, 2.24) is 5.32 Å². The van der Waals surface area contributed by atoms with Gasteiger partial charge >= 0.3 is 0 Å². The lowest BCUT2D eigenvalue weighted by atomic mass is 10.2. The van der Waals surface area contributed by atoms with Crippen molar-refractivity contribution in [1.29, 1.82) is 0 Å². The van der Waals surface area contributed by atoms with Gasteiger partial charge in [-0.2, -0.15) is 0 Å². The zero-order valence-electron chi connectivity index (χ0n) is 14.2. The lowest BCUT2D eigenvalue weighted by Crippen LogP contribution is -2.47. The van der Waals surface area contributed by atoms with Crippen molar-refractivity contribution in [3.63, 3.8) is 0 Å². The Morgan fingerprint density at radius 1 is 0.792 bits per heavy atom. The van der Waals surface area contributed by atoms with Gasteiger partial charge in [-0.15, -0.1) is 0 Å². The first-order valence-electron chi connectivity index (χ1n) is 9.18. The number of benzene rings is 2. The highest BCUT2D eigenvalue weighted by Crippen LogP contribution is 2.43. The van der Waals surface area contributed by atoms with Crippen LogP contribution in [-0.4, -0.2) is 35.7 Å². The molecule has 0 amide bonds. The highest BCUT2D eigenvalue weighted by molar-refractivity contribution is 7.74. The second kappa shape index (κ2) is 7.49. The van der Waals surface area contributed by atoms with Gasteiger partial charge < -0.3 is 0 Å². The minimum Gasteiger partial charge on any atom is -0.278 e. The van der Waals surface area contributed by atoms with Gasteiger partial charge in [0.25, 0.3) is 5.84 Å². The van der Waals surface area contributed by atoms with Crippen LogP contribution in [0.1, 0.15) is 25.7 Å². The Morgan fingerprint density at radius 2 is 1.42 bits per heavy atom. The van der Waals surface area contributed by atoms with Gasteiger partial charge in [0.2, 0.25) is 0 Å². The number of hydrogen-bond acceptors (Lipinski definition) is 1. The summed E-state index contributed by atoms with van der Waals surface area (Å²) in [5.74, 6) is 1.53. The van der Waals surface area contributed by atoms with Crippen LogP contribution in [0.3, 0.4) is 0 Å². The highest BCUT2D eigenvalue weighted by atomic mass is 31.1. The first kappa shape index (κ1) is 15.8. The Hall–Kier alpha value is -1.66. The van der Waals surface area contributed by atoms with Crippen molar-refractivity contribution >= 4 is 24.4 Å². The summed E-state index contributed by atoms with van der Waals surface area (Å²) in [5, 5.41) is 6.80. The number of amidine groups is 1. The van der Waals surface area contributed by atoms with Gasteiger partial charge in [-0.05, 0) is 37.8 Å². The van der Waals surface area contributed by atoms with E-state index >= 15 is 0 Å². The quantitative estimate of drug-likeness (QED) is 0.672. The van der Waals surface area contributed by atoms with Crippen LogP contribution in [0.5, 0.6) is 0 Å². The first-order valence-corrected chi connectivity index (χ1v) is 10.6. The summed E-state index contributed by atoms with van der Waals surface area (Å²) in [7, 11) is -0.371. The minimum atomic E-state index is -0.371. The van der Waals surface area contributed by atoms with E-state index in [-0.39, 0.29) is 7.92 Å². The Labute approximate surface area is 146 Å². The van der Waals surface area contributed by atoms with E-state index in [1.807, 2.05) is 0 Å². The maximum absolute atomic E-state index is 3.79. The summed E-state index contributed by atoms with van der Waals surface area (Å²) >= 11 is 0. The fourth-order valence-electron chi connectivity index (χ4n) is 3.99. The molecule has 124 valence electrons. The van der Waals surface area contributed by atoms with Crippen molar-refractivity contribution in [2.45, 2.75) is 31.3 Å². The van der Waals surface area contributed by atoms with E-state index in [2.05, 4.69) is 70.6 Å². The summed E-state index contributed by atoms with van der Waals surface area (Å²) in [6, 6.07) is 22.4. The standard InChI is InChI=1S/C21H25N2P/c1-3-10-18(11-4-1)24(19-12-5-2-6-13-19)20-14-7-8-16-23-17-9-15-22-21(20)23/h1-6,10-13,20H,7-9,14-17H2/p+1/t20-/m0/s1. The summed E-state index contributed by atoms with van der Waals surface area (Å²) < 4.78 is 2.64. The van der Waals surface area contributed by atoms with Crippen LogP contribution >= 0.6 is 7.92 Å². The van der Waals surface area contributed by atoms with Crippen LogP contribution in [0, 0.1) is 0 Å². The highest BCUT2D eigenvalue weighted by Gasteiger charge is 2.36. The third kappa shape index (κ3) is 3.26. The molecule has 3 heteroatoms. The molecule has 0 spiro atoms. The maximum atomic E-state index is 3.79. The van der Waals surface area contributed by atoms with Crippen molar-refractivity contribution in [2.24, 2.45) is 0 Å². The molecule has 0 unspecified atom stereocenters. The molecule has 2 aliphatic heterocycles. The van der Waals surface area contributed by atoms with Gasteiger partial charge in [-0.25, -0.2) is 0 Å². The summed E-state index contributed by atoms with van der Waals surface area (Å²) in [4.78, 5) is 0. The van der Waals surface area contributed by atoms with Crippen LogP contribution in [0.2, 0.25) is 0 Å². The molecule has 2 nitrogen and oxygen atoms in total. The van der Waals surface area contributed by atoms with Crippen molar-refractivity contribution in [3.8, 4) is 0 Å². The zero-order valence-corrected chi connectivity index (χ0v) is 15.1. The van der Waals surface area contributed by atoms with Crippen molar-refractivity contribution < 1.29 is 4.58 Å². The first-order chi connectivity index (χ1) is 11.9. The Kier molecular flexibility index (Phi) is 4.94. The molecule has 0 radical (unpaired) electrons. The lowest BCUT2D eigenvalue weighted by Gasteiger charge is -2.29. The van der Waals surface area contributed by atoms with Gasteiger partial charge in [0.05, 0.1) is 25.3 Å². The number of nitrogens with one attached hydrogen (secondary N) is 1. The normalized spacial score (nSPS) is 21.1. The Balaban J connectivity index is 1.80. The number of hydrogen-bond donors (Lipinski definition) is 1. The molecule has 0 saturated carbocycles. The Bertz CT molecular complexity index is 657. The molecule has 2 aliphatic rings. The molecular formula is C21H26N2P+. The molecule has 2 aromatic carbocycles. The second-order valence-electron chi connectivity index (χ2n) is 6.71. The molecule has 0 saturated heterocycles. The molecule has 1 N–H and O–H groups in total. The van der Waals surface area contributed by atoms with Crippen LogP contribution in [0.15, 0.2) is 60.7 Å². The van der Waals surface area contributed by atoms with Crippen LogP contribution < -0.4 is 15.9 Å². The monoisotopic (exact) mass is 337 g/mol. The predicted molar refractivity (Wildman–Crippen MR) is 104 cm³/mol. The summed E-state index contributed by atoms with van der Waals surface area (Å²) in [6.07, 6.45) is 5.23. The minimum absolute atomic E-state index is 0.371. The van der Waals surface area contributed by atoms with Crippen LogP contribution in [0.25, 0.3) is 0 Å². The van der Waals surface area contributed by atoms with Gasteiger partial charge in [-0.1, -0.05) is 60.7 Å². The SMILES string of the molecule is c1ccc(P(c2ccccc2)[C@H]2CCCC[N+]3=C2NCCC3)cc1. The lowest BCUT2D eigenvalue weighted by molar-refractivity contribution is -0.534. The molecule has 0 bridgehead atoms. The fourth-order valence-corrected chi connectivity index (χ4v) is 6.94. The molecule has 0 fully saturated rings. The molecule has 4 rings (SSSR count). The van der Waals surface area contributed by atoms with Crippen molar-refractivity contribution in [3.05, 3.63) is 60.7 Å². The fraction of sp³-hybridized carbons (Fsp3) is 0.381. The van der Waals surface area contributed by atoms with E-state index in [0.29, 0.717) is 5.66 Å². The van der Waals surface area contributed by atoms with Crippen LogP contribution in [-0.2, 0) is 0 Å². The van der Waals surface area contributed by atoms with Gasteiger partial charge in [-0.3, -0.25) is 9.89 Å². The largest absolute Gasteiger partial charge is 0.278 e. The molecule has 0 aliphatic carbocycles. The maximum Gasteiger partial charge on any atom is 0.252 e. The second-order valence-corrected chi connectivity index (χ2v) is 9.10. The third-order valence-corrected chi connectivity index (χ3v) is 7.94. The van der Waals surface area contributed by atoms with E-state index in [1.165, 1.54) is 55.2 Å². The summed E-state index contributed by atoms with van der Waals surface area (Å²) in [5.41, 5.74) is 0.618. The van der Waals surface area contributed by atoms with E-state index in [4.69, 9.17) is 0 Å². The van der Waals surface area contributed by atoms with E-state index in [0.717, 1.165) is 6.54 Å². The smallest absolute Gasteiger partial charge is 0.252 e. The Morgan fingerprint density at radius 3 is 2.08 bits per heavy atom. The molecule has 2 heterocycles. The number of nitrogens with zero attached hydrogens (tertiary/aromatic N) is 1. The topological polar surface area (TPSA) is 15.0 Å². The average Bonchev–Trinajstić information content (AvgIpc) is 2.87. The van der Waals surface area contributed by atoms with Gasteiger partial charge in [0.1, 0.15) is 0 Å².